The number of hydrogen-bond acceptors (Lipinski definition) is 9. The molecule has 1 aromatic heterocycles. The summed E-state index contributed by atoms with van der Waals surface area (Å²) in [6.07, 6.45) is 2.36. The summed E-state index contributed by atoms with van der Waals surface area (Å²) in [6.45, 7) is 12.7. The molecule has 3 heterocycles. The molecule has 2 aliphatic heterocycles. The van der Waals surface area contributed by atoms with Gasteiger partial charge in [0.15, 0.2) is 0 Å². The molecule has 1 N–H and O–H groups in total. The molecular formula is C36H45N7O4S. The Morgan fingerprint density at radius 3 is 2.19 bits per heavy atom. The van der Waals surface area contributed by atoms with Crippen molar-refractivity contribution in [2.24, 2.45) is 4.36 Å². The van der Waals surface area contributed by atoms with Crippen LogP contribution in [0.4, 0.5) is 22.0 Å². The van der Waals surface area contributed by atoms with E-state index < -0.39 is 21.4 Å². The molecule has 1 atom stereocenters. The number of pyridine rings is 1. The Hall–Kier alpha value is -4.63. The summed E-state index contributed by atoms with van der Waals surface area (Å²) in [7, 11) is -3.09. The number of para-hydroxylation sites is 2. The van der Waals surface area contributed by atoms with E-state index in [4.69, 9.17) is 9.72 Å². The minimum Gasteiger partial charge on any atom is -0.442 e. The summed E-state index contributed by atoms with van der Waals surface area (Å²) < 4.78 is 22.9. The highest BCUT2D eigenvalue weighted by Crippen LogP contribution is 2.29. The number of carbonyl (C=O) groups is 2. The summed E-state index contributed by atoms with van der Waals surface area (Å²) in [4.78, 5) is 37.7. The Balaban J connectivity index is 1.24. The van der Waals surface area contributed by atoms with Crippen LogP contribution in [0.5, 0.6) is 0 Å². The van der Waals surface area contributed by atoms with Crippen molar-refractivity contribution in [3.05, 3.63) is 77.0 Å². The first-order chi connectivity index (χ1) is 22.8. The van der Waals surface area contributed by atoms with Crippen LogP contribution >= 0.6 is 0 Å². The first kappa shape index (κ1) is 34.7. The lowest BCUT2D eigenvalue weighted by atomic mass is 10.0. The Labute approximate surface area is 284 Å². The van der Waals surface area contributed by atoms with Crippen LogP contribution in [0.25, 0.3) is 0 Å². The third kappa shape index (κ3) is 8.08. The molecule has 2 saturated heterocycles. The van der Waals surface area contributed by atoms with Crippen LogP contribution in [0.15, 0.2) is 63.9 Å². The van der Waals surface area contributed by atoms with Crippen LogP contribution in [0.3, 0.4) is 0 Å². The predicted molar refractivity (Wildman–Crippen MR) is 189 cm³/mol. The van der Waals surface area contributed by atoms with Gasteiger partial charge in [0.2, 0.25) is 0 Å². The van der Waals surface area contributed by atoms with Crippen molar-refractivity contribution in [2.45, 2.75) is 64.0 Å². The summed E-state index contributed by atoms with van der Waals surface area (Å²) in [6, 6.07) is 19.5. The number of amides is 2. The lowest BCUT2D eigenvalue weighted by Crippen LogP contribution is -2.49. The minimum absolute atomic E-state index is 0.120. The first-order valence-corrected chi connectivity index (χ1v) is 18.3. The van der Waals surface area contributed by atoms with Gasteiger partial charge in [-0.2, -0.15) is 5.26 Å². The topological polar surface area (TPSA) is 131 Å². The van der Waals surface area contributed by atoms with Gasteiger partial charge in [0.05, 0.1) is 31.6 Å². The van der Waals surface area contributed by atoms with E-state index in [1.165, 1.54) is 6.26 Å². The molecule has 0 saturated carbocycles. The number of nitrogens with zero attached hydrogens (tertiary/aromatic N) is 6. The van der Waals surface area contributed by atoms with Crippen molar-refractivity contribution in [1.82, 2.24) is 9.88 Å². The van der Waals surface area contributed by atoms with E-state index in [1.807, 2.05) is 61.2 Å². The van der Waals surface area contributed by atoms with Crippen molar-refractivity contribution >= 4 is 38.9 Å². The molecular weight excluding hydrogens is 627 g/mol. The van der Waals surface area contributed by atoms with Gasteiger partial charge in [-0.3, -0.25) is 4.79 Å². The molecule has 5 rings (SSSR count). The van der Waals surface area contributed by atoms with Crippen molar-refractivity contribution in [3.8, 4) is 6.07 Å². The summed E-state index contributed by atoms with van der Waals surface area (Å²) in [5.74, 6) is 0.601. The molecule has 48 heavy (non-hydrogen) atoms. The summed E-state index contributed by atoms with van der Waals surface area (Å²) in [5.41, 5.74) is 3.89. The maximum absolute atomic E-state index is 13.8. The fraction of sp³-hybridized carbons (Fsp3) is 0.444. The molecule has 2 aliphatic rings. The second kappa shape index (κ2) is 14.2. The van der Waals surface area contributed by atoms with Gasteiger partial charge in [0.25, 0.3) is 5.91 Å². The number of rotatable bonds is 6. The lowest BCUT2D eigenvalue weighted by Gasteiger charge is -2.37. The molecule has 12 heteroatoms. The number of carbonyl (C=O) groups excluding carboxylic acids is 2. The number of hydrogen-bond donors (Lipinski definition) is 1. The molecule has 0 spiro atoms. The zero-order valence-electron chi connectivity index (χ0n) is 28.7. The molecule has 2 fully saturated rings. The quantitative estimate of drug-likeness (QED) is 0.335. The fourth-order valence-corrected chi connectivity index (χ4v) is 7.56. The van der Waals surface area contributed by atoms with E-state index in [1.54, 1.807) is 32.9 Å². The highest BCUT2D eigenvalue weighted by atomic mass is 32.2. The second-order valence-corrected chi connectivity index (χ2v) is 15.7. The number of nitriles is 1. The standard InChI is InChI=1S/C36H45N7O4S/c1-25-23-26(2)33(38-28-15-17-41(18-16-28)29-12-8-7-11-27(29)24-37)39-32(25)34(44)43-21-19-42(20-22-43)30-13-9-10-14-31(30)48(6,46)40-35(45)47-36(3,4)5/h7-14,23,28H,15-22H2,1-6H3,(H,38,39)/t48-/m1/s1. The maximum atomic E-state index is 13.8. The maximum Gasteiger partial charge on any atom is 0.442 e. The highest BCUT2D eigenvalue weighted by Gasteiger charge is 2.28. The average molecular weight is 672 g/mol. The SMILES string of the molecule is Cc1cc(C)c(C(=O)N2CCN(c3ccccc3[S@@](C)(=O)=NC(=O)OC(C)(C)C)CC2)nc1NC1CCN(c2ccccc2C#N)CC1. The van der Waals surface area contributed by atoms with Crippen LogP contribution in [-0.2, 0) is 14.5 Å². The third-order valence-corrected chi connectivity index (χ3v) is 10.3. The van der Waals surface area contributed by atoms with Crippen molar-refractivity contribution in [1.29, 1.82) is 5.26 Å². The first-order valence-electron chi connectivity index (χ1n) is 16.3. The molecule has 254 valence electrons. The van der Waals surface area contributed by atoms with Crippen molar-refractivity contribution in [3.63, 3.8) is 0 Å². The number of aryl methyl sites for hydroxylation is 2. The van der Waals surface area contributed by atoms with Gasteiger partial charge in [0, 0.05) is 51.6 Å². The Kier molecular flexibility index (Phi) is 10.3. The molecule has 0 aliphatic carbocycles. The van der Waals surface area contributed by atoms with Gasteiger partial charge in [0.1, 0.15) is 23.2 Å². The van der Waals surface area contributed by atoms with Crippen molar-refractivity contribution < 1.29 is 18.5 Å². The van der Waals surface area contributed by atoms with E-state index >= 15 is 0 Å². The summed E-state index contributed by atoms with van der Waals surface area (Å²) >= 11 is 0. The molecule has 11 nitrogen and oxygen atoms in total. The number of nitrogens with one attached hydrogen (secondary N) is 1. The summed E-state index contributed by atoms with van der Waals surface area (Å²) in [5, 5.41) is 13.1. The molecule has 3 aromatic rings. The monoisotopic (exact) mass is 671 g/mol. The highest BCUT2D eigenvalue weighted by molar-refractivity contribution is 7.93. The van der Waals surface area contributed by atoms with Gasteiger partial charge in [-0.15, -0.1) is 4.36 Å². The van der Waals surface area contributed by atoms with Crippen LogP contribution in [-0.4, -0.2) is 83.3 Å². The van der Waals surface area contributed by atoms with Crippen LogP contribution in [0, 0.1) is 25.2 Å². The zero-order valence-corrected chi connectivity index (χ0v) is 29.5. The number of piperazine rings is 1. The Morgan fingerprint density at radius 2 is 1.54 bits per heavy atom. The van der Waals surface area contributed by atoms with Crippen LogP contribution in [0.2, 0.25) is 0 Å². The molecule has 0 unspecified atom stereocenters. The number of piperidine rings is 1. The second-order valence-electron chi connectivity index (χ2n) is 13.5. The van der Waals surface area contributed by atoms with E-state index in [0.717, 1.165) is 54.3 Å². The Morgan fingerprint density at radius 1 is 0.938 bits per heavy atom. The normalized spacial score (nSPS) is 16.9. The van der Waals surface area contributed by atoms with Crippen LogP contribution < -0.4 is 15.1 Å². The van der Waals surface area contributed by atoms with E-state index in [-0.39, 0.29) is 11.9 Å². The number of anilines is 3. The van der Waals surface area contributed by atoms with Gasteiger partial charge < -0.3 is 24.8 Å². The number of aromatic nitrogens is 1. The van der Waals surface area contributed by atoms with Gasteiger partial charge in [-0.05, 0) is 82.9 Å². The number of ether oxygens (including phenoxy) is 1. The fourth-order valence-electron chi connectivity index (χ4n) is 6.23. The zero-order chi connectivity index (χ0) is 34.6. The van der Waals surface area contributed by atoms with Crippen LogP contribution in [0.1, 0.15) is 60.8 Å². The van der Waals surface area contributed by atoms with Gasteiger partial charge in [-0.25, -0.2) is 14.0 Å². The van der Waals surface area contributed by atoms with Gasteiger partial charge in [-0.1, -0.05) is 30.3 Å². The molecule has 0 bridgehead atoms. The molecule has 2 amide bonds. The smallest absolute Gasteiger partial charge is 0.442 e. The average Bonchev–Trinajstić information content (AvgIpc) is 3.05. The number of benzene rings is 2. The Bertz CT molecular complexity index is 1840. The largest absolute Gasteiger partial charge is 0.442 e. The molecule has 0 radical (unpaired) electrons. The van der Waals surface area contributed by atoms with Crippen molar-refractivity contribution in [2.75, 3.05) is 60.6 Å². The van der Waals surface area contributed by atoms with E-state index in [2.05, 4.69) is 25.5 Å². The predicted octanol–water partition coefficient (Wildman–Crippen LogP) is 6.01. The lowest BCUT2D eigenvalue weighted by molar-refractivity contribution is 0.0607. The molecule has 2 aromatic carbocycles. The van der Waals surface area contributed by atoms with E-state index in [0.29, 0.717) is 42.3 Å². The van der Waals surface area contributed by atoms with Gasteiger partial charge >= 0.3 is 6.09 Å². The van der Waals surface area contributed by atoms with E-state index in [9.17, 15) is 19.1 Å². The minimum atomic E-state index is -3.09. The third-order valence-electron chi connectivity index (χ3n) is 8.63.